The summed E-state index contributed by atoms with van der Waals surface area (Å²) >= 11 is 0. The van der Waals surface area contributed by atoms with Crippen LogP contribution < -0.4 is 4.90 Å². The number of rotatable bonds is 1. The number of allylic oxidation sites excluding steroid dienone is 2. The lowest BCUT2D eigenvalue weighted by Crippen LogP contribution is -2.27. The summed E-state index contributed by atoms with van der Waals surface area (Å²) in [7, 11) is 0. The number of nitrogens with zero attached hydrogens (tertiary/aromatic N) is 2. The molecule has 2 aromatic rings. The fourth-order valence-electron chi connectivity index (χ4n) is 6.45. The van der Waals surface area contributed by atoms with Crippen LogP contribution in [0.2, 0.25) is 0 Å². The number of fused-ring (bicyclic) bond motifs is 5. The fraction of sp³-hybridized carbons (Fsp3) is 0.370. The summed E-state index contributed by atoms with van der Waals surface area (Å²) < 4.78 is 2.58. The van der Waals surface area contributed by atoms with Gasteiger partial charge in [-0.05, 0) is 43.5 Å². The summed E-state index contributed by atoms with van der Waals surface area (Å²) in [6.07, 6.45) is 4.86. The van der Waals surface area contributed by atoms with Gasteiger partial charge in [-0.3, -0.25) is 0 Å². The molecule has 0 N–H and O–H groups in total. The van der Waals surface area contributed by atoms with E-state index in [0.29, 0.717) is 0 Å². The summed E-state index contributed by atoms with van der Waals surface area (Å²) in [5, 5.41) is 0. The lowest BCUT2D eigenvalue weighted by atomic mass is 9.77. The first-order chi connectivity index (χ1) is 13.9. The van der Waals surface area contributed by atoms with Crippen molar-refractivity contribution in [2.45, 2.75) is 51.4 Å². The van der Waals surface area contributed by atoms with Crippen molar-refractivity contribution in [3.05, 3.63) is 82.6 Å². The number of para-hydroxylation sites is 2. The second-order valence-corrected chi connectivity index (χ2v) is 9.98. The Bertz CT molecular complexity index is 1160. The van der Waals surface area contributed by atoms with Crippen molar-refractivity contribution in [3.8, 4) is 0 Å². The Balaban J connectivity index is 1.49. The van der Waals surface area contributed by atoms with Gasteiger partial charge in [-0.15, -0.1) is 0 Å². The first-order valence-corrected chi connectivity index (χ1v) is 11.0. The molecule has 146 valence electrons. The smallest absolute Gasteiger partial charge is 0.209 e. The van der Waals surface area contributed by atoms with E-state index in [2.05, 4.69) is 91.8 Å². The minimum atomic E-state index is 0.0800. The molecule has 2 aromatic carbocycles. The highest BCUT2D eigenvalue weighted by Crippen LogP contribution is 2.52. The average Bonchev–Trinajstić information content (AvgIpc) is 3.42. The van der Waals surface area contributed by atoms with E-state index in [1.54, 1.807) is 11.1 Å². The Morgan fingerprint density at radius 3 is 2.41 bits per heavy atom. The van der Waals surface area contributed by atoms with Gasteiger partial charge in [-0.2, -0.15) is 4.58 Å². The molecule has 0 bridgehead atoms. The van der Waals surface area contributed by atoms with E-state index >= 15 is 0 Å². The molecule has 0 amide bonds. The highest BCUT2D eigenvalue weighted by Gasteiger charge is 2.50. The Labute approximate surface area is 173 Å². The number of hydrogen-bond donors (Lipinski definition) is 0. The molecule has 0 spiro atoms. The standard InChI is InChI=1S/C27H29N2/c1-26(2)20-9-5-7-11-22(20)28-15-13-18(24(26)28)17-19-14-16-29-23-12-8-6-10-21(23)27(3,4)25(19)29/h5-12,17H,13-16H2,1-4H3/q+1. The van der Waals surface area contributed by atoms with Crippen molar-refractivity contribution in [1.82, 2.24) is 0 Å². The summed E-state index contributed by atoms with van der Waals surface area (Å²) in [4.78, 5) is 2.58. The minimum absolute atomic E-state index is 0.0800. The Kier molecular flexibility index (Phi) is 3.28. The van der Waals surface area contributed by atoms with Gasteiger partial charge in [0.2, 0.25) is 5.69 Å². The predicted molar refractivity (Wildman–Crippen MR) is 120 cm³/mol. The lowest BCUT2D eigenvalue weighted by molar-refractivity contribution is -0.428. The van der Waals surface area contributed by atoms with Crippen LogP contribution in [0.5, 0.6) is 0 Å². The molecular weight excluding hydrogens is 352 g/mol. The third-order valence-corrected chi connectivity index (χ3v) is 7.63. The zero-order valence-corrected chi connectivity index (χ0v) is 17.9. The van der Waals surface area contributed by atoms with Gasteiger partial charge >= 0.3 is 0 Å². The Hall–Kier alpha value is -2.61. The fourth-order valence-corrected chi connectivity index (χ4v) is 6.45. The molecule has 0 atom stereocenters. The van der Waals surface area contributed by atoms with E-state index in [1.165, 1.54) is 33.9 Å². The molecule has 0 aliphatic carbocycles. The van der Waals surface area contributed by atoms with Crippen LogP contribution in [0.15, 0.2) is 71.5 Å². The van der Waals surface area contributed by atoms with E-state index in [4.69, 9.17) is 0 Å². The van der Waals surface area contributed by atoms with Crippen molar-refractivity contribution < 1.29 is 4.58 Å². The molecule has 29 heavy (non-hydrogen) atoms. The van der Waals surface area contributed by atoms with Gasteiger partial charge in [0.1, 0.15) is 0 Å². The minimum Gasteiger partial charge on any atom is -0.343 e. The van der Waals surface area contributed by atoms with Crippen molar-refractivity contribution >= 4 is 17.1 Å². The Morgan fingerprint density at radius 1 is 0.862 bits per heavy atom. The SMILES string of the molecule is CC1(C)C2=C(C=C3CC[N+]4=C3C(C)(C)c3ccccc34)CCN2c2ccccc21. The van der Waals surface area contributed by atoms with Crippen LogP contribution in [-0.4, -0.2) is 23.4 Å². The van der Waals surface area contributed by atoms with Crippen LogP contribution in [-0.2, 0) is 10.8 Å². The largest absolute Gasteiger partial charge is 0.343 e. The van der Waals surface area contributed by atoms with Gasteiger partial charge in [-0.1, -0.05) is 50.2 Å². The van der Waals surface area contributed by atoms with Crippen molar-refractivity contribution in [1.29, 1.82) is 0 Å². The van der Waals surface area contributed by atoms with E-state index in [9.17, 15) is 0 Å². The summed E-state index contributed by atoms with van der Waals surface area (Å²) in [6.45, 7) is 11.8. The number of hydrogen-bond acceptors (Lipinski definition) is 1. The maximum Gasteiger partial charge on any atom is 0.209 e. The summed E-state index contributed by atoms with van der Waals surface area (Å²) in [5.74, 6) is 0. The molecule has 4 aliphatic heterocycles. The summed E-state index contributed by atoms with van der Waals surface area (Å²) in [5.41, 5.74) is 12.1. The van der Waals surface area contributed by atoms with Crippen LogP contribution in [0, 0.1) is 0 Å². The third kappa shape index (κ3) is 2.10. The van der Waals surface area contributed by atoms with Gasteiger partial charge in [0.25, 0.3) is 0 Å². The van der Waals surface area contributed by atoms with Gasteiger partial charge < -0.3 is 4.90 Å². The molecule has 2 nitrogen and oxygen atoms in total. The maximum atomic E-state index is 2.58. The molecule has 0 fully saturated rings. The van der Waals surface area contributed by atoms with Crippen LogP contribution in [0.3, 0.4) is 0 Å². The molecule has 0 saturated heterocycles. The summed E-state index contributed by atoms with van der Waals surface area (Å²) in [6, 6.07) is 17.9. The molecular formula is C27H29N2+. The normalized spacial score (nSPS) is 24.3. The third-order valence-electron chi connectivity index (χ3n) is 7.63. The first kappa shape index (κ1) is 17.3. The topological polar surface area (TPSA) is 6.25 Å². The van der Waals surface area contributed by atoms with Crippen molar-refractivity contribution in [2.75, 3.05) is 18.0 Å². The quantitative estimate of drug-likeness (QED) is 0.562. The number of benzene rings is 2. The predicted octanol–water partition coefficient (Wildman–Crippen LogP) is 5.85. The first-order valence-electron chi connectivity index (χ1n) is 11.0. The van der Waals surface area contributed by atoms with E-state index < -0.39 is 0 Å². The molecule has 0 saturated carbocycles. The van der Waals surface area contributed by atoms with Crippen molar-refractivity contribution in [2.24, 2.45) is 0 Å². The highest BCUT2D eigenvalue weighted by atomic mass is 15.2. The van der Waals surface area contributed by atoms with Crippen LogP contribution in [0.1, 0.15) is 51.7 Å². The second-order valence-electron chi connectivity index (χ2n) is 9.98. The van der Waals surface area contributed by atoms with Gasteiger partial charge in [0, 0.05) is 47.0 Å². The van der Waals surface area contributed by atoms with Gasteiger partial charge in [-0.25, -0.2) is 0 Å². The highest BCUT2D eigenvalue weighted by molar-refractivity contribution is 6.08. The molecule has 0 unspecified atom stereocenters. The number of anilines is 1. The van der Waals surface area contributed by atoms with Gasteiger partial charge in [0.05, 0.1) is 5.41 Å². The lowest BCUT2D eigenvalue weighted by Gasteiger charge is -2.24. The average molecular weight is 382 g/mol. The molecule has 4 heterocycles. The zero-order chi connectivity index (χ0) is 20.0. The molecule has 0 aromatic heterocycles. The van der Waals surface area contributed by atoms with Crippen LogP contribution in [0.4, 0.5) is 11.4 Å². The van der Waals surface area contributed by atoms with Crippen LogP contribution in [0.25, 0.3) is 0 Å². The van der Waals surface area contributed by atoms with Gasteiger partial charge in [0.15, 0.2) is 12.3 Å². The molecule has 2 heteroatoms. The van der Waals surface area contributed by atoms with E-state index in [0.717, 1.165) is 25.9 Å². The van der Waals surface area contributed by atoms with E-state index in [1.807, 2.05) is 0 Å². The molecule has 6 rings (SSSR count). The monoisotopic (exact) mass is 381 g/mol. The van der Waals surface area contributed by atoms with Crippen LogP contribution >= 0.6 is 0 Å². The molecule has 4 aliphatic rings. The Morgan fingerprint density at radius 2 is 1.59 bits per heavy atom. The maximum absolute atomic E-state index is 2.58. The van der Waals surface area contributed by atoms with E-state index in [-0.39, 0.29) is 10.8 Å². The zero-order valence-electron chi connectivity index (χ0n) is 17.9. The van der Waals surface area contributed by atoms with Crippen molar-refractivity contribution in [3.63, 3.8) is 0 Å². The second kappa shape index (κ2) is 5.50. The molecule has 0 radical (unpaired) electrons.